The quantitative estimate of drug-likeness (QED) is 0.217. The highest BCUT2D eigenvalue weighted by atomic mass is 127. The van der Waals surface area contributed by atoms with Gasteiger partial charge in [-0.25, -0.2) is 4.99 Å². The van der Waals surface area contributed by atoms with E-state index in [-0.39, 0.29) is 30.1 Å². The molecule has 0 bridgehead atoms. The van der Waals surface area contributed by atoms with Gasteiger partial charge in [0, 0.05) is 25.1 Å². The van der Waals surface area contributed by atoms with Gasteiger partial charge >= 0.3 is 0 Å². The number of aryl methyl sites for hydroxylation is 1. The summed E-state index contributed by atoms with van der Waals surface area (Å²) in [6.07, 6.45) is 5.65. The minimum Gasteiger partial charge on any atom is -0.488 e. The van der Waals surface area contributed by atoms with Gasteiger partial charge in [0.1, 0.15) is 11.9 Å². The summed E-state index contributed by atoms with van der Waals surface area (Å²) in [5.74, 6) is 3.01. The number of hydrogen-bond acceptors (Lipinski definition) is 4. The van der Waals surface area contributed by atoms with Crippen molar-refractivity contribution in [1.82, 2.24) is 10.6 Å². The number of ether oxygens (including phenoxy) is 2. The smallest absolute Gasteiger partial charge is 0.191 e. The molecule has 0 amide bonds. The van der Waals surface area contributed by atoms with Crippen molar-refractivity contribution in [3.63, 3.8) is 0 Å². The molecule has 0 aromatic heterocycles. The van der Waals surface area contributed by atoms with Crippen molar-refractivity contribution in [2.45, 2.75) is 45.8 Å². The number of benzene rings is 1. The molecule has 2 N–H and O–H groups in total. The van der Waals surface area contributed by atoms with Crippen molar-refractivity contribution in [1.29, 1.82) is 0 Å². The molecule has 0 aliphatic carbocycles. The molecule has 1 heterocycles. The van der Waals surface area contributed by atoms with Gasteiger partial charge in [-0.05, 0) is 50.3 Å². The Morgan fingerprint density at radius 2 is 2.19 bits per heavy atom. The highest BCUT2D eigenvalue weighted by Crippen LogP contribution is 2.24. The lowest BCUT2D eigenvalue weighted by Crippen LogP contribution is -2.37. The SMILES string of the molecule is CCNC(=NCc1ccc(C)cc1OC1CCOC1)NCCCCSC.I. The van der Waals surface area contributed by atoms with Gasteiger partial charge in [-0.2, -0.15) is 11.8 Å². The summed E-state index contributed by atoms with van der Waals surface area (Å²) >= 11 is 1.90. The fraction of sp³-hybridized carbons (Fsp3) is 0.650. The minimum atomic E-state index is 0. The van der Waals surface area contributed by atoms with Gasteiger partial charge < -0.3 is 20.1 Å². The maximum absolute atomic E-state index is 6.17. The van der Waals surface area contributed by atoms with Gasteiger partial charge in [0.05, 0.1) is 19.8 Å². The second-order valence-corrected chi connectivity index (χ2v) is 7.52. The Hall–Kier alpha value is -0.670. The van der Waals surface area contributed by atoms with Crippen LogP contribution in [-0.4, -0.2) is 50.4 Å². The maximum Gasteiger partial charge on any atom is 0.191 e. The second-order valence-electron chi connectivity index (χ2n) is 6.54. The van der Waals surface area contributed by atoms with Crippen LogP contribution in [0.5, 0.6) is 5.75 Å². The number of guanidine groups is 1. The van der Waals surface area contributed by atoms with Gasteiger partial charge in [0.15, 0.2) is 5.96 Å². The van der Waals surface area contributed by atoms with E-state index in [0.29, 0.717) is 13.2 Å². The number of nitrogens with one attached hydrogen (secondary N) is 2. The monoisotopic (exact) mass is 507 g/mol. The van der Waals surface area contributed by atoms with Crippen molar-refractivity contribution in [3.05, 3.63) is 29.3 Å². The molecule has 154 valence electrons. The van der Waals surface area contributed by atoms with Crippen molar-refractivity contribution < 1.29 is 9.47 Å². The zero-order valence-electron chi connectivity index (χ0n) is 16.8. The molecule has 1 aliphatic heterocycles. The van der Waals surface area contributed by atoms with E-state index >= 15 is 0 Å². The second kappa shape index (κ2) is 14.3. The third kappa shape index (κ3) is 9.38. The Morgan fingerprint density at radius 1 is 1.33 bits per heavy atom. The standard InChI is InChI=1S/C20H33N3O2S.HI/c1-4-21-20(22-10-5-6-12-26-3)23-14-17-8-7-16(2)13-19(17)25-18-9-11-24-15-18;/h7-8,13,18H,4-6,9-12,14-15H2,1-3H3,(H2,21,22,23);1H. The summed E-state index contributed by atoms with van der Waals surface area (Å²) in [5, 5.41) is 6.74. The zero-order valence-corrected chi connectivity index (χ0v) is 19.9. The van der Waals surface area contributed by atoms with Crippen LogP contribution in [-0.2, 0) is 11.3 Å². The predicted molar refractivity (Wildman–Crippen MR) is 127 cm³/mol. The summed E-state index contributed by atoms with van der Waals surface area (Å²) in [7, 11) is 0. The summed E-state index contributed by atoms with van der Waals surface area (Å²) < 4.78 is 11.6. The maximum atomic E-state index is 6.17. The van der Waals surface area contributed by atoms with Crippen LogP contribution in [0.15, 0.2) is 23.2 Å². The number of thioether (sulfide) groups is 1. The first-order valence-electron chi connectivity index (χ1n) is 9.58. The average molecular weight is 507 g/mol. The molecule has 1 unspecified atom stereocenters. The highest BCUT2D eigenvalue weighted by Gasteiger charge is 2.18. The van der Waals surface area contributed by atoms with Crippen molar-refractivity contribution in [3.8, 4) is 5.75 Å². The molecule has 2 rings (SSSR count). The Kier molecular flexibility index (Phi) is 12.9. The third-order valence-electron chi connectivity index (χ3n) is 4.22. The molecule has 0 radical (unpaired) electrons. The van der Waals surface area contributed by atoms with Crippen LogP contribution in [0.3, 0.4) is 0 Å². The fourth-order valence-corrected chi connectivity index (χ4v) is 3.26. The molecule has 5 nitrogen and oxygen atoms in total. The van der Waals surface area contributed by atoms with Crippen LogP contribution in [0.25, 0.3) is 0 Å². The zero-order chi connectivity index (χ0) is 18.6. The number of rotatable bonds is 10. The number of nitrogens with zero attached hydrogens (tertiary/aromatic N) is 1. The molecule has 0 spiro atoms. The molecule has 1 fully saturated rings. The van der Waals surface area contributed by atoms with Crippen LogP contribution in [0.1, 0.15) is 37.3 Å². The number of halogens is 1. The number of unbranched alkanes of at least 4 members (excludes halogenated alkanes) is 1. The molecule has 1 atom stereocenters. The van der Waals surface area contributed by atoms with Crippen LogP contribution in [0.4, 0.5) is 0 Å². The van der Waals surface area contributed by atoms with E-state index in [2.05, 4.69) is 48.9 Å². The lowest BCUT2D eigenvalue weighted by Gasteiger charge is -2.16. The Balaban J connectivity index is 0.00000364. The summed E-state index contributed by atoms with van der Waals surface area (Å²) in [6, 6.07) is 6.34. The molecule has 27 heavy (non-hydrogen) atoms. The van der Waals surface area contributed by atoms with Crippen molar-refractivity contribution in [2.75, 3.05) is 38.3 Å². The van der Waals surface area contributed by atoms with Crippen molar-refractivity contribution >= 4 is 41.7 Å². The third-order valence-corrected chi connectivity index (χ3v) is 4.92. The van der Waals surface area contributed by atoms with Gasteiger partial charge in [0.2, 0.25) is 0 Å². The van der Waals surface area contributed by atoms with E-state index < -0.39 is 0 Å². The van der Waals surface area contributed by atoms with Gasteiger partial charge in [0.25, 0.3) is 0 Å². The lowest BCUT2D eigenvalue weighted by atomic mass is 10.1. The van der Waals surface area contributed by atoms with E-state index in [1.807, 2.05) is 11.8 Å². The number of aliphatic imine (C=N–C) groups is 1. The molecule has 1 aromatic carbocycles. The number of hydrogen-bond donors (Lipinski definition) is 2. The summed E-state index contributed by atoms with van der Waals surface area (Å²) in [5.41, 5.74) is 2.31. The first-order chi connectivity index (χ1) is 12.7. The van der Waals surface area contributed by atoms with Crippen molar-refractivity contribution in [2.24, 2.45) is 4.99 Å². The Bertz CT molecular complexity index is 566. The van der Waals surface area contributed by atoms with Crippen LogP contribution >= 0.6 is 35.7 Å². The first-order valence-corrected chi connectivity index (χ1v) is 11.0. The van der Waals surface area contributed by atoms with E-state index in [9.17, 15) is 0 Å². The highest BCUT2D eigenvalue weighted by molar-refractivity contribution is 14.0. The van der Waals surface area contributed by atoms with Gasteiger partial charge in [-0.1, -0.05) is 12.1 Å². The van der Waals surface area contributed by atoms with Crippen LogP contribution in [0.2, 0.25) is 0 Å². The molecule has 1 aromatic rings. The molecular formula is C20H34IN3O2S. The predicted octanol–water partition coefficient (Wildman–Crippen LogP) is 3.98. The Morgan fingerprint density at radius 3 is 2.89 bits per heavy atom. The van der Waals surface area contributed by atoms with Crippen LogP contribution < -0.4 is 15.4 Å². The summed E-state index contributed by atoms with van der Waals surface area (Å²) in [6.45, 7) is 8.04. The summed E-state index contributed by atoms with van der Waals surface area (Å²) in [4.78, 5) is 4.74. The fourth-order valence-electron chi connectivity index (χ4n) is 2.77. The minimum absolute atomic E-state index is 0. The van der Waals surface area contributed by atoms with E-state index in [0.717, 1.165) is 49.8 Å². The molecular weight excluding hydrogens is 473 g/mol. The van der Waals surface area contributed by atoms with Crippen LogP contribution in [0, 0.1) is 6.92 Å². The van der Waals surface area contributed by atoms with E-state index in [1.54, 1.807) is 0 Å². The Labute approximate surface area is 185 Å². The largest absolute Gasteiger partial charge is 0.488 e. The first kappa shape index (κ1) is 24.4. The normalized spacial score (nSPS) is 16.7. The van der Waals surface area contributed by atoms with Gasteiger partial charge in [-0.3, -0.25) is 0 Å². The van der Waals surface area contributed by atoms with Gasteiger partial charge in [-0.15, -0.1) is 24.0 Å². The molecule has 7 heteroatoms. The molecule has 1 aliphatic rings. The lowest BCUT2D eigenvalue weighted by molar-refractivity contribution is 0.140. The topological polar surface area (TPSA) is 54.9 Å². The van der Waals surface area contributed by atoms with E-state index in [4.69, 9.17) is 14.5 Å². The molecule has 1 saturated heterocycles. The average Bonchev–Trinajstić information content (AvgIpc) is 3.13. The molecule has 0 saturated carbocycles. The van der Waals surface area contributed by atoms with E-state index in [1.165, 1.54) is 17.7 Å².